The third-order valence-electron chi connectivity index (χ3n) is 5.69. The van der Waals surface area contributed by atoms with E-state index in [4.69, 9.17) is 0 Å². The van der Waals surface area contributed by atoms with Gasteiger partial charge in [-0.05, 0) is 55.9 Å². The zero-order valence-electron chi connectivity index (χ0n) is 17.7. The van der Waals surface area contributed by atoms with Gasteiger partial charge >= 0.3 is 0 Å². The zero-order chi connectivity index (χ0) is 21.0. The molecule has 1 aromatic carbocycles. The molecule has 1 saturated heterocycles. The zero-order valence-corrected chi connectivity index (χ0v) is 18.5. The van der Waals surface area contributed by atoms with Gasteiger partial charge in [0.1, 0.15) is 6.04 Å². The Morgan fingerprint density at radius 2 is 1.86 bits per heavy atom. The molecular weight excluding hydrogens is 386 g/mol. The summed E-state index contributed by atoms with van der Waals surface area (Å²) < 4.78 is 29.5. The van der Waals surface area contributed by atoms with Gasteiger partial charge in [0.05, 0.1) is 4.90 Å². The average Bonchev–Trinajstić information content (AvgIpc) is 3.12. The van der Waals surface area contributed by atoms with Crippen molar-refractivity contribution in [2.24, 2.45) is 5.92 Å². The number of amides is 1. The smallest absolute Gasteiger partial charge is 0.243 e. The number of benzene rings is 1. The molecule has 1 fully saturated rings. The highest BCUT2D eigenvalue weighted by Gasteiger charge is 2.27. The fourth-order valence-electron chi connectivity index (χ4n) is 3.94. The fraction of sp³-hybridized carbons (Fsp3) is 0.591. The number of fused-ring (bicyclic) bond motifs is 1. The van der Waals surface area contributed by atoms with E-state index in [2.05, 4.69) is 19.2 Å². The van der Waals surface area contributed by atoms with Crippen LogP contribution >= 0.6 is 0 Å². The van der Waals surface area contributed by atoms with Gasteiger partial charge in [-0.15, -0.1) is 0 Å². The van der Waals surface area contributed by atoms with Crippen LogP contribution in [0.2, 0.25) is 0 Å². The Balaban J connectivity index is 1.83. The van der Waals surface area contributed by atoms with Crippen LogP contribution in [-0.2, 0) is 14.8 Å². The van der Waals surface area contributed by atoms with Gasteiger partial charge < -0.3 is 9.88 Å². The number of nitrogens with zero attached hydrogens (tertiary/aromatic N) is 2. The van der Waals surface area contributed by atoms with E-state index in [1.165, 1.54) is 0 Å². The molecule has 0 spiro atoms. The summed E-state index contributed by atoms with van der Waals surface area (Å²) in [5.41, 5.74) is 0.883. The van der Waals surface area contributed by atoms with Crippen LogP contribution in [0.4, 0.5) is 0 Å². The summed E-state index contributed by atoms with van der Waals surface area (Å²) in [6.07, 6.45) is 6.44. The number of carbonyl (C=O) groups excluding carboxylic acids is 1. The summed E-state index contributed by atoms with van der Waals surface area (Å²) in [5.74, 6) is 0.554. The number of carbonyl (C=O) groups is 1. The predicted molar refractivity (Wildman–Crippen MR) is 116 cm³/mol. The van der Waals surface area contributed by atoms with Crippen LogP contribution in [0.25, 0.3) is 10.9 Å². The van der Waals surface area contributed by atoms with Gasteiger partial charge in [0.25, 0.3) is 0 Å². The first-order chi connectivity index (χ1) is 13.8. The van der Waals surface area contributed by atoms with Crippen LogP contribution < -0.4 is 5.32 Å². The van der Waals surface area contributed by atoms with E-state index in [0.29, 0.717) is 36.9 Å². The first kappa shape index (κ1) is 21.8. The van der Waals surface area contributed by atoms with Crippen molar-refractivity contribution in [1.82, 2.24) is 14.2 Å². The van der Waals surface area contributed by atoms with Crippen LogP contribution in [0.1, 0.15) is 58.9 Å². The average molecular weight is 420 g/mol. The Morgan fingerprint density at radius 3 is 2.52 bits per heavy atom. The fourth-order valence-corrected chi connectivity index (χ4v) is 5.49. The quantitative estimate of drug-likeness (QED) is 0.705. The summed E-state index contributed by atoms with van der Waals surface area (Å²) in [7, 11) is -3.46. The minimum absolute atomic E-state index is 0.00987. The molecule has 0 radical (unpaired) electrons. The molecule has 2 heterocycles. The third-order valence-corrected chi connectivity index (χ3v) is 7.59. The molecule has 1 aliphatic rings. The van der Waals surface area contributed by atoms with E-state index >= 15 is 0 Å². The van der Waals surface area contributed by atoms with E-state index in [1.807, 2.05) is 29.8 Å². The maximum atomic E-state index is 13.0. The number of hydrogen-bond acceptors (Lipinski definition) is 3. The van der Waals surface area contributed by atoms with Gasteiger partial charge in [-0.25, -0.2) is 8.42 Å². The largest absolute Gasteiger partial charge is 0.354 e. The lowest BCUT2D eigenvalue weighted by Crippen LogP contribution is -2.35. The molecule has 160 valence electrons. The van der Waals surface area contributed by atoms with E-state index in [9.17, 15) is 13.2 Å². The van der Waals surface area contributed by atoms with Crippen LogP contribution in [0.5, 0.6) is 0 Å². The lowest BCUT2D eigenvalue weighted by Gasteiger charge is -2.26. The molecule has 6 nitrogen and oxygen atoms in total. The Kier molecular flexibility index (Phi) is 7.01. The summed E-state index contributed by atoms with van der Waals surface area (Å²) in [6.45, 7) is 8.13. The van der Waals surface area contributed by atoms with Crippen molar-refractivity contribution in [3.63, 3.8) is 0 Å². The normalized spacial score (nSPS) is 17.0. The van der Waals surface area contributed by atoms with Crippen molar-refractivity contribution in [3.8, 4) is 0 Å². The van der Waals surface area contributed by atoms with E-state index < -0.39 is 10.0 Å². The standard InChI is InChI=1S/C22H33N3O3S/c1-4-20(22(26)23-12-10-17(2)3)25-15-11-18-16-19(8-9-21(18)25)29(27,28)24-13-6-5-7-14-24/h8-9,11,15-17,20H,4-7,10,12-14H2,1-3H3,(H,23,26)/t20-/m0/s1. The highest BCUT2D eigenvalue weighted by Crippen LogP contribution is 2.27. The van der Waals surface area contributed by atoms with Crippen molar-refractivity contribution in [1.29, 1.82) is 0 Å². The number of piperidine rings is 1. The molecule has 1 aromatic heterocycles. The van der Waals surface area contributed by atoms with Crippen molar-refractivity contribution in [2.75, 3.05) is 19.6 Å². The molecule has 0 saturated carbocycles. The van der Waals surface area contributed by atoms with E-state index in [1.54, 1.807) is 16.4 Å². The highest BCUT2D eigenvalue weighted by atomic mass is 32.2. The molecule has 1 atom stereocenters. The first-order valence-corrected chi connectivity index (χ1v) is 12.2. The number of aromatic nitrogens is 1. The van der Waals surface area contributed by atoms with Gasteiger partial charge in [-0.1, -0.05) is 27.2 Å². The minimum atomic E-state index is -3.46. The molecule has 7 heteroatoms. The molecule has 3 rings (SSSR count). The maximum absolute atomic E-state index is 13.0. The van der Waals surface area contributed by atoms with E-state index in [-0.39, 0.29) is 11.9 Å². The topological polar surface area (TPSA) is 71.4 Å². The number of rotatable bonds is 8. The lowest BCUT2D eigenvalue weighted by atomic mass is 10.1. The maximum Gasteiger partial charge on any atom is 0.243 e. The Hall–Kier alpha value is -1.86. The molecule has 29 heavy (non-hydrogen) atoms. The summed E-state index contributed by atoms with van der Waals surface area (Å²) >= 11 is 0. The summed E-state index contributed by atoms with van der Waals surface area (Å²) in [5, 5.41) is 3.88. The summed E-state index contributed by atoms with van der Waals surface area (Å²) in [4.78, 5) is 13.0. The minimum Gasteiger partial charge on any atom is -0.354 e. The van der Waals surface area contributed by atoms with Crippen molar-refractivity contribution in [3.05, 3.63) is 30.5 Å². The molecule has 0 aliphatic carbocycles. The molecule has 0 bridgehead atoms. The Labute approximate surface area is 174 Å². The lowest BCUT2D eigenvalue weighted by molar-refractivity contribution is -0.124. The first-order valence-electron chi connectivity index (χ1n) is 10.7. The third kappa shape index (κ3) is 4.83. The van der Waals surface area contributed by atoms with Gasteiger partial charge in [-0.2, -0.15) is 4.31 Å². The van der Waals surface area contributed by atoms with Gasteiger partial charge in [-0.3, -0.25) is 4.79 Å². The molecule has 1 N–H and O–H groups in total. The van der Waals surface area contributed by atoms with Crippen LogP contribution in [-0.4, -0.2) is 42.8 Å². The van der Waals surface area contributed by atoms with E-state index in [0.717, 1.165) is 36.6 Å². The predicted octanol–water partition coefficient (Wildman–Crippen LogP) is 3.93. The molecule has 1 amide bonds. The van der Waals surface area contributed by atoms with Crippen molar-refractivity contribution >= 4 is 26.8 Å². The summed E-state index contributed by atoms with van der Waals surface area (Å²) in [6, 6.07) is 6.83. The second-order valence-corrected chi connectivity index (χ2v) is 10.2. The molecule has 1 aliphatic heterocycles. The van der Waals surface area contributed by atoms with Crippen LogP contribution in [0.3, 0.4) is 0 Å². The van der Waals surface area contributed by atoms with Crippen LogP contribution in [0.15, 0.2) is 35.4 Å². The number of sulfonamides is 1. The SMILES string of the molecule is CC[C@@H](C(=O)NCCC(C)C)n1ccc2cc(S(=O)(=O)N3CCCCC3)ccc21. The Morgan fingerprint density at radius 1 is 1.14 bits per heavy atom. The van der Waals surface area contributed by atoms with Crippen molar-refractivity contribution < 1.29 is 13.2 Å². The Bertz CT molecular complexity index is 943. The number of nitrogens with one attached hydrogen (secondary N) is 1. The molecule has 0 unspecified atom stereocenters. The second kappa shape index (κ2) is 9.30. The molecule has 2 aromatic rings. The van der Waals surface area contributed by atoms with Gasteiger partial charge in [0.2, 0.25) is 15.9 Å². The molecular formula is C22H33N3O3S. The van der Waals surface area contributed by atoms with Gasteiger partial charge in [0, 0.05) is 36.7 Å². The van der Waals surface area contributed by atoms with Crippen molar-refractivity contribution in [2.45, 2.75) is 63.8 Å². The second-order valence-electron chi connectivity index (χ2n) is 8.31. The number of hydrogen-bond donors (Lipinski definition) is 1. The monoisotopic (exact) mass is 419 g/mol. The highest BCUT2D eigenvalue weighted by molar-refractivity contribution is 7.89. The van der Waals surface area contributed by atoms with Crippen LogP contribution in [0, 0.1) is 5.92 Å². The van der Waals surface area contributed by atoms with Gasteiger partial charge in [0.15, 0.2) is 0 Å².